The molecular formula is C9H19NO. The second kappa shape index (κ2) is 4.07. The lowest BCUT2D eigenvalue weighted by Gasteiger charge is -2.22. The van der Waals surface area contributed by atoms with Crippen LogP contribution in [0.25, 0.3) is 0 Å². The first-order valence-corrected chi connectivity index (χ1v) is 4.66. The summed E-state index contributed by atoms with van der Waals surface area (Å²) in [4.78, 5) is 2.41. The Hall–Kier alpha value is -0.0800. The lowest BCUT2D eigenvalue weighted by molar-refractivity contribution is 0.122. The van der Waals surface area contributed by atoms with Gasteiger partial charge in [0.25, 0.3) is 0 Å². The third-order valence-corrected chi connectivity index (χ3v) is 2.07. The number of hydrogen-bond acceptors (Lipinski definition) is 2. The van der Waals surface area contributed by atoms with Crippen molar-refractivity contribution in [2.45, 2.75) is 45.3 Å². The molecule has 1 saturated carbocycles. The van der Waals surface area contributed by atoms with E-state index in [1.54, 1.807) is 0 Å². The molecule has 0 aromatic heterocycles. The molecule has 2 nitrogen and oxygen atoms in total. The van der Waals surface area contributed by atoms with E-state index in [0.717, 1.165) is 19.1 Å². The van der Waals surface area contributed by atoms with Gasteiger partial charge in [-0.15, -0.1) is 0 Å². The molecule has 1 aliphatic carbocycles. The van der Waals surface area contributed by atoms with Gasteiger partial charge in [-0.2, -0.15) is 0 Å². The van der Waals surface area contributed by atoms with Gasteiger partial charge >= 0.3 is 0 Å². The van der Waals surface area contributed by atoms with Crippen molar-refractivity contribution in [1.29, 1.82) is 0 Å². The highest BCUT2D eigenvalue weighted by Gasteiger charge is 2.28. The van der Waals surface area contributed by atoms with Crippen LogP contribution >= 0.6 is 0 Å². The SMILES string of the molecule is CCCN(C[C@@H](C)O)C1CC1. The topological polar surface area (TPSA) is 23.5 Å². The minimum Gasteiger partial charge on any atom is -0.392 e. The molecule has 0 bridgehead atoms. The molecule has 0 aromatic rings. The maximum atomic E-state index is 9.18. The average molecular weight is 157 g/mol. The van der Waals surface area contributed by atoms with Crippen molar-refractivity contribution in [3.8, 4) is 0 Å². The Kier molecular flexibility index (Phi) is 3.34. The summed E-state index contributed by atoms with van der Waals surface area (Å²) in [6, 6.07) is 0.796. The molecule has 0 radical (unpaired) electrons. The summed E-state index contributed by atoms with van der Waals surface area (Å²) in [6.45, 7) is 6.07. The summed E-state index contributed by atoms with van der Waals surface area (Å²) >= 11 is 0. The van der Waals surface area contributed by atoms with Gasteiger partial charge in [-0.25, -0.2) is 0 Å². The molecular weight excluding hydrogens is 138 g/mol. The third kappa shape index (κ3) is 3.21. The second-order valence-electron chi connectivity index (χ2n) is 3.58. The van der Waals surface area contributed by atoms with Gasteiger partial charge in [0.2, 0.25) is 0 Å². The predicted molar refractivity (Wildman–Crippen MR) is 46.6 cm³/mol. The Morgan fingerprint density at radius 3 is 2.55 bits per heavy atom. The molecule has 1 fully saturated rings. The van der Waals surface area contributed by atoms with Crippen LogP contribution in [0.15, 0.2) is 0 Å². The summed E-state index contributed by atoms with van der Waals surface area (Å²) in [5.41, 5.74) is 0. The fraction of sp³-hybridized carbons (Fsp3) is 1.00. The van der Waals surface area contributed by atoms with Gasteiger partial charge in [0, 0.05) is 12.6 Å². The van der Waals surface area contributed by atoms with Crippen molar-refractivity contribution < 1.29 is 5.11 Å². The van der Waals surface area contributed by atoms with Crippen LogP contribution in [0.3, 0.4) is 0 Å². The fourth-order valence-electron chi connectivity index (χ4n) is 1.49. The van der Waals surface area contributed by atoms with Crippen molar-refractivity contribution in [3.05, 3.63) is 0 Å². The molecule has 1 rings (SSSR count). The molecule has 1 N–H and O–H groups in total. The Labute approximate surface area is 69.2 Å². The van der Waals surface area contributed by atoms with Gasteiger partial charge in [0.05, 0.1) is 6.10 Å². The zero-order valence-corrected chi connectivity index (χ0v) is 7.58. The Bertz CT molecular complexity index is 110. The molecule has 11 heavy (non-hydrogen) atoms. The molecule has 0 aromatic carbocycles. The van der Waals surface area contributed by atoms with E-state index >= 15 is 0 Å². The van der Waals surface area contributed by atoms with Crippen LogP contribution in [0.5, 0.6) is 0 Å². The molecule has 0 saturated heterocycles. The number of aliphatic hydroxyl groups is 1. The summed E-state index contributed by atoms with van der Waals surface area (Å²) < 4.78 is 0. The van der Waals surface area contributed by atoms with Gasteiger partial charge in [-0.05, 0) is 32.7 Å². The first-order chi connectivity index (χ1) is 5.24. The maximum absolute atomic E-state index is 9.18. The molecule has 0 aliphatic heterocycles. The van der Waals surface area contributed by atoms with Crippen LogP contribution in [0.2, 0.25) is 0 Å². The van der Waals surface area contributed by atoms with E-state index in [2.05, 4.69) is 11.8 Å². The highest BCUT2D eigenvalue weighted by Crippen LogP contribution is 2.26. The Morgan fingerprint density at radius 2 is 2.18 bits per heavy atom. The van der Waals surface area contributed by atoms with Crippen LogP contribution in [0.1, 0.15) is 33.1 Å². The predicted octanol–water partition coefficient (Wildman–Crippen LogP) is 1.24. The number of hydrogen-bond donors (Lipinski definition) is 1. The van der Waals surface area contributed by atoms with E-state index in [4.69, 9.17) is 0 Å². The molecule has 2 heteroatoms. The zero-order chi connectivity index (χ0) is 8.27. The quantitative estimate of drug-likeness (QED) is 0.649. The van der Waals surface area contributed by atoms with Gasteiger partial charge in [-0.1, -0.05) is 6.92 Å². The average Bonchev–Trinajstić information content (AvgIpc) is 2.66. The molecule has 0 amide bonds. The van der Waals surface area contributed by atoms with Gasteiger partial charge in [0.1, 0.15) is 0 Å². The number of aliphatic hydroxyl groups excluding tert-OH is 1. The molecule has 1 aliphatic rings. The van der Waals surface area contributed by atoms with Gasteiger partial charge in [0.15, 0.2) is 0 Å². The highest BCUT2D eigenvalue weighted by molar-refractivity contribution is 4.84. The molecule has 0 unspecified atom stereocenters. The first-order valence-electron chi connectivity index (χ1n) is 4.66. The standard InChI is InChI=1S/C9H19NO/c1-3-6-10(7-8(2)11)9-4-5-9/h8-9,11H,3-7H2,1-2H3/t8-/m1/s1. The maximum Gasteiger partial charge on any atom is 0.0639 e. The van der Waals surface area contributed by atoms with Crippen LogP contribution < -0.4 is 0 Å². The fourth-order valence-corrected chi connectivity index (χ4v) is 1.49. The van der Waals surface area contributed by atoms with Crippen LogP contribution in [0.4, 0.5) is 0 Å². The number of nitrogens with zero attached hydrogens (tertiary/aromatic N) is 1. The van der Waals surface area contributed by atoms with E-state index in [0.29, 0.717) is 0 Å². The largest absolute Gasteiger partial charge is 0.392 e. The van der Waals surface area contributed by atoms with Crippen molar-refractivity contribution in [1.82, 2.24) is 4.90 Å². The Balaban J connectivity index is 2.20. The lowest BCUT2D eigenvalue weighted by atomic mass is 10.3. The second-order valence-corrected chi connectivity index (χ2v) is 3.58. The smallest absolute Gasteiger partial charge is 0.0639 e. The third-order valence-electron chi connectivity index (χ3n) is 2.07. The Morgan fingerprint density at radius 1 is 1.55 bits per heavy atom. The van der Waals surface area contributed by atoms with Crippen molar-refractivity contribution in [2.75, 3.05) is 13.1 Å². The summed E-state index contributed by atoms with van der Waals surface area (Å²) in [5, 5.41) is 9.18. The molecule has 1 atom stereocenters. The van der Waals surface area contributed by atoms with Gasteiger partial charge < -0.3 is 5.11 Å². The van der Waals surface area contributed by atoms with Gasteiger partial charge in [-0.3, -0.25) is 4.90 Å². The van der Waals surface area contributed by atoms with E-state index < -0.39 is 0 Å². The highest BCUT2D eigenvalue weighted by atomic mass is 16.3. The van der Waals surface area contributed by atoms with E-state index in [-0.39, 0.29) is 6.10 Å². The normalized spacial score (nSPS) is 20.7. The van der Waals surface area contributed by atoms with E-state index in [9.17, 15) is 5.11 Å². The summed E-state index contributed by atoms with van der Waals surface area (Å²) in [6.07, 6.45) is 3.71. The molecule has 0 spiro atoms. The van der Waals surface area contributed by atoms with Crippen molar-refractivity contribution in [2.24, 2.45) is 0 Å². The van der Waals surface area contributed by atoms with Crippen LogP contribution in [-0.4, -0.2) is 35.2 Å². The first kappa shape index (κ1) is 9.01. The monoisotopic (exact) mass is 157 g/mol. The number of rotatable bonds is 5. The molecule has 66 valence electrons. The van der Waals surface area contributed by atoms with Crippen LogP contribution in [-0.2, 0) is 0 Å². The lowest BCUT2D eigenvalue weighted by Crippen LogP contribution is -2.33. The van der Waals surface area contributed by atoms with E-state index in [1.165, 1.54) is 19.3 Å². The minimum absolute atomic E-state index is 0.165. The van der Waals surface area contributed by atoms with Crippen molar-refractivity contribution in [3.63, 3.8) is 0 Å². The molecule has 0 heterocycles. The minimum atomic E-state index is -0.165. The van der Waals surface area contributed by atoms with Crippen LogP contribution in [0, 0.1) is 0 Å². The van der Waals surface area contributed by atoms with E-state index in [1.807, 2.05) is 6.92 Å². The zero-order valence-electron chi connectivity index (χ0n) is 7.58. The summed E-state index contributed by atoms with van der Waals surface area (Å²) in [5.74, 6) is 0. The van der Waals surface area contributed by atoms with Crippen molar-refractivity contribution >= 4 is 0 Å². The summed E-state index contributed by atoms with van der Waals surface area (Å²) in [7, 11) is 0.